The summed E-state index contributed by atoms with van der Waals surface area (Å²) in [5.74, 6) is 0. The van der Waals surface area contributed by atoms with Crippen LogP contribution in [0.25, 0.3) is 0 Å². The summed E-state index contributed by atoms with van der Waals surface area (Å²) < 4.78 is 0. The highest BCUT2D eigenvalue weighted by atomic mass is 16.4. The Bertz CT molecular complexity index is 217. The molecule has 6 heteroatoms. The maximum Gasteiger partial charge on any atom is 0.451 e. The molecule has 0 unspecified atom stereocenters. The molecular formula is C18H40B2O4. The van der Waals surface area contributed by atoms with Crippen molar-refractivity contribution < 1.29 is 20.1 Å². The summed E-state index contributed by atoms with van der Waals surface area (Å²) in [5, 5.41) is 34.9. The Labute approximate surface area is 150 Å². The highest BCUT2D eigenvalue weighted by Gasteiger charge is 2.05. The average molecular weight is 342 g/mol. The lowest BCUT2D eigenvalue weighted by Gasteiger charge is -2.04. The average Bonchev–Trinajstić information content (AvgIpc) is 2.53. The molecule has 0 aromatic heterocycles. The van der Waals surface area contributed by atoms with Crippen molar-refractivity contribution in [1.29, 1.82) is 0 Å². The summed E-state index contributed by atoms with van der Waals surface area (Å²) in [6.07, 6.45) is 21.0. The first-order valence-electron chi connectivity index (χ1n) is 10.3. The SMILES string of the molecule is OB(O)CCCCCCCCCCCCCCCCCCB(O)O. The zero-order valence-corrected chi connectivity index (χ0v) is 15.7. The molecule has 0 aromatic carbocycles. The zero-order chi connectivity index (χ0) is 17.9. The van der Waals surface area contributed by atoms with E-state index in [1.807, 2.05) is 0 Å². The van der Waals surface area contributed by atoms with Gasteiger partial charge < -0.3 is 20.1 Å². The third-order valence-corrected chi connectivity index (χ3v) is 4.67. The summed E-state index contributed by atoms with van der Waals surface area (Å²) in [7, 11) is -2.24. The Morgan fingerprint density at radius 3 is 0.625 bits per heavy atom. The minimum absolute atomic E-state index is 0.520. The number of unbranched alkanes of at least 4 members (excludes halogenated alkanes) is 15. The number of hydrogen-bond acceptors (Lipinski definition) is 4. The second-order valence-electron chi connectivity index (χ2n) is 7.20. The van der Waals surface area contributed by atoms with Crippen molar-refractivity contribution in [3.05, 3.63) is 0 Å². The zero-order valence-electron chi connectivity index (χ0n) is 15.7. The van der Waals surface area contributed by atoms with Crippen LogP contribution in [-0.2, 0) is 0 Å². The Morgan fingerprint density at radius 1 is 0.292 bits per heavy atom. The Hall–Kier alpha value is -0.0301. The van der Waals surface area contributed by atoms with Gasteiger partial charge in [-0.3, -0.25) is 0 Å². The molecule has 0 amide bonds. The van der Waals surface area contributed by atoms with Crippen LogP contribution in [0, 0.1) is 0 Å². The molecule has 0 aliphatic heterocycles. The van der Waals surface area contributed by atoms with Crippen LogP contribution in [0.1, 0.15) is 103 Å². The van der Waals surface area contributed by atoms with Gasteiger partial charge in [0.1, 0.15) is 0 Å². The van der Waals surface area contributed by atoms with Crippen LogP contribution in [0.15, 0.2) is 0 Å². The van der Waals surface area contributed by atoms with Crippen LogP contribution in [0.3, 0.4) is 0 Å². The predicted octanol–water partition coefficient (Wildman–Crippen LogP) is 4.17. The fourth-order valence-corrected chi connectivity index (χ4v) is 3.13. The van der Waals surface area contributed by atoms with Gasteiger partial charge in [0.2, 0.25) is 0 Å². The van der Waals surface area contributed by atoms with Gasteiger partial charge in [-0.2, -0.15) is 0 Å². The van der Waals surface area contributed by atoms with Crippen LogP contribution in [0.2, 0.25) is 12.6 Å². The molecule has 0 spiro atoms. The van der Waals surface area contributed by atoms with Crippen LogP contribution in [0.5, 0.6) is 0 Å². The van der Waals surface area contributed by atoms with Gasteiger partial charge in [-0.25, -0.2) is 0 Å². The van der Waals surface area contributed by atoms with E-state index in [0.29, 0.717) is 12.6 Å². The maximum atomic E-state index is 8.73. The first-order valence-corrected chi connectivity index (χ1v) is 10.3. The summed E-state index contributed by atoms with van der Waals surface area (Å²) in [6.45, 7) is 0. The first kappa shape index (κ1) is 24.0. The van der Waals surface area contributed by atoms with Gasteiger partial charge in [0, 0.05) is 0 Å². The lowest BCUT2D eigenvalue weighted by Crippen LogP contribution is -2.09. The van der Waals surface area contributed by atoms with Crippen molar-refractivity contribution in [3.8, 4) is 0 Å². The van der Waals surface area contributed by atoms with E-state index >= 15 is 0 Å². The van der Waals surface area contributed by atoms with Gasteiger partial charge in [-0.05, 0) is 12.6 Å². The monoisotopic (exact) mass is 342 g/mol. The molecule has 0 aliphatic rings. The Morgan fingerprint density at radius 2 is 0.458 bits per heavy atom. The largest absolute Gasteiger partial charge is 0.451 e. The number of hydrogen-bond donors (Lipinski definition) is 4. The highest BCUT2D eigenvalue weighted by Crippen LogP contribution is 2.14. The summed E-state index contributed by atoms with van der Waals surface area (Å²) >= 11 is 0. The van der Waals surface area contributed by atoms with Gasteiger partial charge in [0.25, 0.3) is 0 Å². The lowest BCUT2D eigenvalue weighted by molar-refractivity contribution is 0.400. The molecule has 0 saturated carbocycles. The minimum atomic E-state index is -1.12. The molecule has 4 N–H and O–H groups in total. The summed E-state index contributed by atoms with van der Waals surface area (Å²) in [6, 6.07) is 0. The molecule has 0 bridgehead atoms. The van der Waals surface area contributed by atoms with Crippen LogP contribution in [-0.4, -0.2) is 34.3 Å². The van der Waals surface area contributed by atoms with E-state index in [9.17, 15) is 0 Å². The van der Waals surface area contributed by atoms with E-state index in [1.54, 1.807) is 0 Å². The van der Waals surface area contributed by atoms with Crippen molar-refractivity contribution in [3.63, 3.8) is 0 Å². The molecule has 4 nitrogen and oxygen atoms in total. The van der Waals surface area contributed by atoms with E-state index in [2.05, 4.69) is 0 Å². The first-order chi connectivity index (χ1) is 11.6. The van der Waals surface area contributed by atoms with Crippen molar-refractivity contribution in [1.82, 2.24) is 0 Å². The minimum Gasteiger partial charge on any atom is -0.427 e. The summed E-state index contributed by atoms with van der Waals surface area (Å²) in [4.78, 5) is 0. The lowest BCUT2D eigenvalue weighted by atomic mass is 9.83. The van der Waals surface area contributed by atoms with Crippen LogP contribution >= 0.6 is 0 Å². The normalized spacial score (nSPS) is 11.0. The van der Waals surface area contributed by atoms with E-state index in [4.69, 9.17) is 20.1 Å². The molecule has 0 fully saturated rings. The fourth-order valence-electron chi connectivity index (χ4n) is 3.13. The van der Waals surface area contributed by atoms with E-state index in [0.717, 1.165) is 25.7 Å². The summed E-state index contributed by atoms with van der Waals surface area (Å²) in [5.41, 5.74) is 0. The molecule has 0 atom stereocenters. The van der Waals surface area contributed by atoms with Gasteiger partial charge in [-0.1, -0.05) is 103 Å². The molecule has 0 aromatic rings. The number of rotatable bonds is 19. The van der Waals surface area contributed by atoms with Crippen molar-refractivity contribution in [2.45, 2.75) is 115 Å². The molecule has 0 heterocycles. The Kier molecular flexibility index (Phi) is 19.3. The second-order valence-corrected chi connectivity index (χ2v) is 7.20. The van der Waals surface area contributed by atoms with Gasteiger partial charge in [0.15, 0.2) is 0 Å². The Balaban J connectivity index is 2.98. The smallest absolute Gasteiger partial charge is 0.427 e. The topological polar surface area (TPSA) is 80.9 Å². The molecule has 0 aliphatic carbocycles. The van der Waals surface area contributed by atoms with E-state index < -0.39 is 14.2 Å². The molecule has 0 radical (unpaired) electrons. The predicted molar refractivity (Wildman–Crippen MR) is 104 cm³/mol. The van der Waals surface area contributed by atoms with E-state index in [1.165, 1.54) is 77.0 Å². The third-order valence-electron chi connectivity index (χ3n) is 4.67. The highest BCUT2D eigenvalue weighted by molar-refractivity contribution is 6.41. The van der Waals surface area contributed by atoms with Crippen molar-refractivity contribution >= 4 is 14.2 Å². The van der Waals surface area contributed by atoms with E-state index in [-0.39, 0.29) is 0 Å². The quantitative estimate of drug-likeness (QED) is 0.210. The molecule has 0 saturated heterocycles. The van der Waals surface area contributed by atoms with Crippen LogP contribution < -0.4 is 0 Å². The second kappa shape index (κ2) is 19.3. The van der Waals surface area contributed by atoms with Crippen molar-refractivity contribution in [2.24, 2.45) is 0 Å². The molecule has 0 rings (SSSR count). The third kappa shape index (κ3) is 22.0. The van der Waals surface area contributed by atoms with Crippen molar-refractivity contribution in [2.75, 3.05) is 0 Å². The fraction of sp³-hybridized carbons (Fsp3) is 1.00. The van der Waals surface area contributed by atoms with Crippen LogP contribution in [0.4, 0.5) is 0 Å². The molecular weight excluding hydrogens is 302 g/mol. The molecule has 24 heavy (non-hydrogen) atoms. The van der Waals surface area contributed by atoms with Gasteiger partial charge in [0.05, 0.1) is 0 Å². The van der Waals surface area contributed by atoms with Gasteiger partial charge in [-0.15, -0.1) is 0 Å². The molecule has 142 valence electrons. The maximum absolute atomic E-state index is 8.73. The van der Waals surface area contributed by atoms with Gasteiger partial charge >= 0.3 is 14.2 Å². The standard InChI is InChI=1S/C18H40B2O4/c21-19(22)17-15-13-11-9-7-5-3-1-2-4-6-8-10-12-14-16-18-20(23)24/h21-24H,1-18H2.